The van der Waals surface area contributed by atoms with E-state index < -0.39 is 41.4 Å². The van der Waals surface area contributed by atoms with Crippen LogP contribution >= 0.6 is 0 Å². The first-order valence-corrected chi connectivity index (χ1v) is 18.5. The monoisotopic (exact) mass is 731 g/mol. The number of hydrogen-bond donors (Lipinski definition) is 4. The predicted molar refractivity (Wildman–Crippen MR) is 195 cm³/mol. The van der Waals surface area contributed by atoms with Crippen LogP contribution in [0.5, 0.6) is 5.75 Å². The standard InChI is InChI=1S/C39H49N5O9/c1-5-8-9-10-11-12-33(47)42-30(19-32(40)46)36(49)41-22(4)13-16-34(48)53-39(7-3)28-18-31-35-26(20-44(31)37(50)27(28)21-52-38(39)51)24(6-2)25-17-23(45)14-15-29(25)43-35/h14-15,17-18,22,30,45H,5-13,16,19-21H2,1-4H3,(H2,40,46)(H,41,49)(H,42,47)/t22-,30+,39-/m0/s1. The van der Waals surface area contributed by atoms with E-state index in [0.29, 0.717) is 29.7 Å². The summed E-state index contributed by atoms with van der Waals surface area (Å²) in [4.78, 5) is 83.0. The minimum absolute atomic E-state index is 0.00958. The number of nitrogens with two attached hydrogens (primary N) is 1. The summed E-state index contributed by atoms with van der Waals surface area (Å²) in [5, 5.41) is 16.3. The van der Waals surface area contributed by atoms with Crippen LogP contribution in [-0.2, 0) is 58.6 Å². The lowest BCUT2D eigenvalue weighted by Crippen LogP contribution is -2.50. The second-order valence-electron chi connectivity index (χ2n) is 13.9. The summed E-state index contributed by atoms with van der Waals surface area (Å²) >= 11 is 0. The van der Waals surface area contributed by atoms with Crippen molar-refractivity contribution >= 4 is 40.6 Å². The topological polar surface area (TPSA) is 209 Å². The van der Waals surface area contributed by atoms with Crippen LogP contribution in [0.3, 0.4) is 0 Å². The van der Waals surface area contributed by atoms with Crippen molar-refractivity contribution in [2.24, 2.45) is 5.73 Å². The third-order valence-corrected chi connectivity index (χ3v) is 10.1. The lowest BCUT2D eigenvalue weighted by Gasteiger charge is -2.35. The maximum Gasteiger partial charge on any atom is 0.355 e. The number of aromatic nitrogens is 2. The molecule has 14 heteroatoms. The number of aryl methyl sites for hydroxylation is 1. The molecular weight excluding hydrogens is 682 g/mol. The van der Waals surface area contributed by atoms with Crippen molar-refractivity contribution in [1.82, 2.24) is 20.2 Å². The summed E-state index contributed by atoms with van der Waals surface area (Å²) in [6.45, 7) is 7.38. The number of nitrogens with one attached hydrogen (secondary N) is 2. The van der Waals surface area contributed by atoms with E-state index in [1.165, 1.54) is 0 Å². The Morgan fingerprint density at radius 1 is 1.04 bits per heavy atom. The fourth-order valence-electron chi connectivity index (χ4n) is 7.27. The molecule has 3 atom stereocenters. The number of pyridine rings is 2. The number of aromatic hydroxyl groups is 1. The summed E-state index contributed by atoms with van der Waals surface area (Å²) < 4.78 is 13.0. The number of ether oxygens (including phenoxy) is 2. The zero-order valence-electron chi connectivity index (χ0n) is 30.8. The van der Waals surface area contributed by atoms with Crippen LogP contribution in [-0.4, -0.2) is 56.4 Å². The highest BCUT2D eigenvalue weighted by Gasteiger charge is 2.50. The molecule has 4 heterocycles. The van der Waals surface area contributed by atoms with Crippen molar-refractivity contribution in [1.29, 1.82) is 0 Å². The van der Waals surface area contributed by atoms with Gasteiger partial charge in [0.1, 0.15) is 18.4 Å². The summed E-state index contributed by atoms with van der Waals surface area (Å²) in [6.07, 6.45) is 5.08. The number of carbonyl (C=O) groups excluding carboxylic acids is 5. The molecule has 53 heavy (non-hydrogen) atoms. The van der Waals surface area contributed by atoms with Crippen LogP contribution in [0.1, 0.15) is 114 Å². The first-order valence-electron chi connectivity index (χ1n) is 18.5. The van der Waals surface area contributed by atoms with E-state index in [-0.39, 0.29) is 73.6 Å². The van der Waals surface area contributed by atoms with Gasteiger partial charge in [-0.15, -0.1) is 0 Å². The summed E-state index contributed by atoms with van der Waals surface area (Å²) in [7, 11) is 0. The van der Waals surface area contributed by atoms with E-state index in [9.17, 15) is 33.9 Å². The zero-order chi connectivity index (χ0) is 38.4. The fraction of sp³-hybridized carbons (Fsp3) is 0.513. The zero-order valence-corrected chi connectivity index (χ0v) is 30.8. The van der Waals surface area contributed by atoms with Crippen molar-refractivity contribution in [2.75, 3.05) is 0 Å². The number of phenols is 1. The lowest BCUT2D eigenvalue weighted by atomic mass is 9.85. The van der Waals surface area contributed by atoms with E-state index in [1.54, 1.807) is 42.7 Å². The Morgan fingerprint density at radius 2 is 1.79 bits per heavy atom. The molecule has 0 saturated carbocycles. The van der Waals surface area contributed by atoms with Gasteiger partial charge in [0.2, 0.25) is 23.3 Å². The SMILES string of the molecule is CCCCCCCC(=O)N[C@H](CC(N)=O)C(=O)N[C@@H](C)CCC(=O)O[C@]1(CC)C(=O)OCc2c1cc1n(c2=O)Cc2c-1nc1ccc(O)cc1c2CC. The molecule has 1 aromatic carbocycles. The molecule has 0 bridgehead atoms. The summed E-state index contributed by atoms with van der Waals surface area (Å²) in [6, 6.07) is 4.87. The maximum atomic E-state index is 14.0. The number of cyclic esters (lactones) is 1. The minimum atomic E-state index is -1.89. The molecule has 0 unspecified atom stereocenters. The third kappa shape index (κ3) is 8.21. The van der Waals surface area contributed by atoms with Crippen LogP contribution in [0, 0.1) is 0 Å². The number of unbranched alkanes of at least 4 members (excludes halogenated alkanes) is 4. The minimum Gasteiger partial charge on any atom is -0.508 e. The average Bonchev–Trinajstić information content (AvgIpc) is 3.48. The van der Waals surface area contributed by atoms with Gasteiger partial charge in [0.25, 0.3) is 5.56 Å². The normalized spacial score (nSPS) is 16.9. The van der Waals surface area contributed by atoms with Crippen molar-refractivity contribution in [3.05, 3.63) is 56.9 Å². The van der Waals surface area contributed by atoms with E-state index in [0.717, 1.165) is 42.2 Å². The van der Waals surface area contributed by atoms with Gasteiger partial charge >= 0.3 is 11.9 Å². The number of esters is 2. The van der Waals surface area contributed by atoms with E-state index in [1.807, 2.05) is 6.92 Å². The summed E-state index contributed by atoms with van der Waals surface area (Å²) in [5.74, 6) is -3.15. The Bertz CT molecular complexity index is 1990. The van der Waals surface area contributed by atoms with Gasteiger partial charge < -0.3 is 35.5 Å². The largest absolute Gasteiger partial charge is 0.508 e. The number of primary amides is 1. The highest BCUT2D eigenvalue weighted by molar-refractivity contribution is 5.92. The van der Waals surface area contributed by atoms with Gasteiger partial charge in [-0.2, -0.15) is 0 Å². The van der Waals surface area contributed by atoms with E-state index in [4.69, 9.17) is 20.2 Å². The Balaban J connectivity index is 1.31. The van der Waals surface area contributed by atoms with Gasteiger partial charge in [-0.1, -0.05) is 46.5 Å². The van der Waals surface area contributed by atoms with Gasteiger partial charge in [0, 0.05) is 35.4 Å². The Kier molecular flexibility index (Phi) is 12.2. The fourth-order valence-corrected chi connectivity index (χ4v) is 7.27. The second-order valence-corrected chi connectivity index (χ2v) is 13.9. The molecule has 0 aliphatic carbocycles. The molecule has 14 nitrogen and oxygen atoms in total. The first kappa shape index (κ1) is 38.9. The molecule has 2 aliphatic heterocycles. The molecule has 284 valence electrons. The van der Waals surface area contributed by atoms with Crippen molar-refractivity contribution < 1.29 is 38.6 Å². The Morgan fingerprint density at radius 3 is 2.49 bits per heavy atom. The number of hydrogen-bond acceptors (Lipinski definition) is 10. The van der Waals surface area contributed by atoms with E-state index in [2.05, 4.69) is 17.6 Å². The Labute approximate surface area is 307 Å². The van der Waals surface area contributed by atoms with Crippen LogP contribution in [0.15, 0.2) is 29.1 Å². The number of benzene rings is 1. The second kappa shape index (κ2) is 16.6. The molecule has 0 fully saturated rings. The molecule has 2 aliphatic rings. The summed E-state index contributed by atoms with van der Waals surface area (Å²) in [5.41, 5.74) is 7.04. The van der Waals surface area contributed by atoms with Crippen molar-refractivity contribution in [3.63, 3.8) is 0 Å². The van der Waals surface area contributed by atoms with Crippen molar-refractivity contribution in [3.8, 4) is 17.1 Å². The van der Waals surface area contributed by atoms with Crippen LogP contribution < -0.4 is 21.9 Å². The molecule has 2 aromatic heterocycles. The first-order chi connectivity index (χ1) is 25.3. The number of phenolic OH excluding ortho intramolecular Hbond substituents is 1. The van der Waals surface area contributed by atoms with Gasteiger partial charge in [-0.05, 0) is 62.4 Å². The number of amides is 3. The Hall–Kier alpha value is -5.27. The van der Waals surface area contributed by atoms with Crippen LogP contribution in [0.25, 0.3) is 22.3 Å². The molecule has 5 rings (SSSR count). The molecule has 0 radical (unpaired) electrons. The molecule has 0 saturated heterocycles. The number of rotatable bonds is 17. The predicted octanol–water partition coefficient (Wildman–Crippen LogP) is 3.90. The van der Waals surface area contributed by atoms with Gasteiger partial charge in [0.05, 0.1) is 35.4 Å². The number of fused-ring (bicyclic) bond motifs is 5. The molecule has 5 N–H and O–H groups in total. The molecule has 3 aromatic rings. The molecule has 3 amide bonds. The number of nitrogens with zero attached hydrogens (tertiary/aromatic N) is 2. The van der Waals surface area contributed by atoms with Crippen molar-refractivity contribution in [2.45, 2.75) is 129 Å². The van der Waals surface area contributed by atoms with Gasteiger partial charge in [-0.25, -0.2) is 9.78 Å². The molecule has 0 spiro atoms. The lowest BCUT2D eigenvalue weighted by molar-refractivity contribution is -0.189. The van der Waals surface area contributed by atoms with E-state index >= 15 is 0 Å². The van der Waals surface area contributed by atoms with Gasteiger partial charge in [-0.3, -0.25) is 24.0 Å². The highest BCUT2D eigenvalue weighted by Crippen LogP contribution is 2.42. The highest BCUT2D eigenvalue weighted by atomic mass is 16.6. The molecular formula is C39H49N5O9. The van der Waals surface area contributed by atoms with Crippen LogP contribution in [0.4, 0.5) is 0 Å². The van der Waals surface area contributed by atoms with Gasteiger partial charge in [0.15, 0.2) is 0 Å². The van der Waals surface area contributed by atoms with Crippen LogP contribution in [0.2, 0.25) is 0 Å². The average molecular weight is 732 g/mol. The number of carbonyl (C=O) groups is 5. The smallest absolute Gasteiger partial charge is 0.355 e. The third-order valence-electron chi connectivity index (χ3n) is 10.1. The maximum absolute atomic E-state index is 14.0. The quantitative estimate of drug-likeness (QED) is 0.0909.